The van der Waals surface area contributed by atoms with Crippen LogP contribution in [0.4, 0.5) is 0 Å². The van der Waals surface area contributed by atoms with E-state index in [1.807, 2.05) is 12.4 Å². The van der Waals surface area contributed by atoms with Gasteiger partial charge in [0.1, 0.15) is 5.82 Å². The molecule has 1 aromatic rings. The van der Waals surface area contributed by atoms with Gasteiger partial charge in [-0.25, -0.2) is 4.98 Å². The zero-order chi connectivity index (χ0) is 12.1. The summed E-state index contributed by atoms with van der Waals surface area (Å²) >= 11 is 2.11. The van der Waals surface area contributed by atoms with E-state index < -0.39 is 0 Å². The van der Waals surface area contributed by atoms with Gasteiger partial charge in [-0.1, -0.05) is 13.3 Å². The molecule has 1 aliphatic carbocycles. The zero-order valence-corrected chi connectivity index (χ0v) is 11.7. The molecule has 2 atom stereocenters. The van der Waals surface area contributed by atoms with Crippen LogP contribution in [0.5, 0.6) is 0 Å². The summed E-state index contributed by atoms with van der Waals surface area (Å²) in [4.78, 5) is 4.35. The lowest BCUT2D eigenvalue weighted by molar-refractivity contribution is 0.528. The van der Waals surface area contributed by atoms with Gasteiger partial charge < -0.3 is 9.88 Å². The van der Waals surface area contributed by atoms with Crippen molar-refractivity contribution in [3.8, 4) is 0 Å². The van der Waals surface area contributed by atoms with Crippen molar-refractivity contribution in [2.75, 3.05) is 12.3 Å². The molecule has 96 valence electrons. The third-order valence-electron chi connectivity index (χ3n) is 3.51. The number of nitrogens with zero attached hydrogens (tertiary/aromatic N) is 2. The van der Waals surface area contributed by atoms with Crippen LogP contribution in [0.1, 0.15) is 32.0 Å². The fourth-order valence-electron chi connectivity index (χ4n) is 2.58. The quantitative estimate of drug-likeness (QED) is 0.843. The lowest BCUT2D eigenvalue weighted by atomic mass is 10.2. The summed E-state index contributed by atoms with van der Waals surface area (Å²) in [6, 6.07) is 0.722. The maximum absolute atomic E-state index is 4.35. The van der Waals surface area contributed by atoms with Crippen LogP contribution in [0.25, 0.3) is 0 Å². The minimum Gasteiger partial charge on any atom is -0.338 e. The molecule has 1 saturated carbocycles. The monoisotopic (exact) mass is 253 g/mol. The number of nitrogens with one attached hydrogen (secondary N) is 1. The summed E-state index contributed by atoms with van der Waals surface area (Å²) in [5.41, 5.74) is 0. The molecule has 0 bridgehead atoms. The highest BCUT2D eigenvalue weighted by Crippen LogP contribution is 2.29. The Labute approximate surface area is 108 Å². The van der Waals surface area contributed by atoms with Crippen molar-refractivity contribution in [3.63, 3.8) is 0 Å². The SMILES string of the molecule is CCSC1CCCC1NCCc1nccn1C. The van der Waals surface area contributed by atoms with Crippen LogP contribution in [0, 0.1) is 0 Å². The van der Waals surface area contributed by atoms with E-state index in [1.165, 1.54) is 30.8 Å². The normalized spacial score (nSPS) is 24.4. The lowest BCUT2D eigenvalue weighted by Crippen LogP contribution is -2.35. The molecule has 1 fully saturated rings. The molecular weight excluding hydrogens is 230 g/mol. The molecule has 0 aliphatic heterocycles. The molecule has 2 rings (SSSR count). The van der Waals surface area contributed by atoms with Gasteiger partial charge in [0.2, 0.25) is 0 Å². The fourth-order valence-corrected chi connectivity index (χ4v) is 3.81. The Morgan fingerprint density at radius 2 is 2.41 bits per heavy atom. The van der Waals surface area contributed by atoms with Gasteiger partial charge in [-0.15, -0.1) is 0 Å². The second-order valence-corrected chi connectivity index (χ2v) is 6.21. The van der Waals surface area contributed by atoms with Gasteiger partial charge in [-0.2, -0.15) is 11.8 Å². The second-order valence-electron chi connectivity index (χ2n) is 4.69. The number of hydrogen-bond acceptors (Lipinski definition) is 3. The molecule has 0 radical (unpaired) electrons. The first kappa shape index (κ1) is 13.0. The second kappa shape index (κ2) is 6.45. The largest absolute Gasteiger partial charge is 0.338 e. The Kier molecular flexibility index (Phi) is 4.92. The Hall–Kier alpha value is -0.480. The van der Waals surface area contributed by atoms with Gasteiger partial charge in [-0.05, 0) is 18.6 Å². The number of aromatic nitrogens is 2. The summed E-state index contributed by atoms with van der Waals surface area (Å²) in [7, 11) is 2.06. The van der Waals surface area contributed by atoms with Crippen LogP contribution in [0.3, 0.4) is 0 Å². The third kappa shape index (κ3) is 3.49. The van der Waals surface area contributed by atoms with E-state index in [9.17, 15) is 0 Å². The van der Waals surface area contributed by atoms with Gasteiger partial charge in [0.05, 0.1) is 0 Å². The first-order valence-corrected chi connectivity index (χ1v) is 7.67. The van der Waals surface area contributed by atoms with E-state index in [0.29, 0.717) is 0 Å². The van der Waals surface area contributed by atoms with E-state index in [4.69, 9.17) is 0 Å². The number of aryl methyl sites for hydroxylation is 1. The number of imidazole rings is 1. The standard InChI is InChI=1S/C13H23N3S/c1-3-17-12-6-4-5-11(12)14-8-7-13-15-9-10-16(13)2/h9-12,14H,3-8H2,1-2H3. The van der Waals surface area contributed by atoms with Crippen LogP contribution in [-0.4, -0.2) is 33.1 Å². The van der Waals surface area contributed by atoms with Crippen LogP contribution in [-0.2, 0) is 13.5 Å². The number of rotatable bonds is 6. The average Bonchev–Trinajstić information content (AvgIpc) is 2.90. The van der Waals surface area contributed by atoms with Gasteiger partial charge in [0.25, 0.3) is 0 Å². The maximum Gasteiger partial charge on any atom is 0.109 e. The van der Waals surface area contributed by atoms with E-state index in [-0.39, 0.29) is 0 Å². The predicted molar refractivity (Wildman–Crippen MR) is 74.5 cm³/mol. The van der Waals surface area contributed by atoms with Gasteiger partial charge in [-0.3, -0.25) is 0 Å². The first-order chi connectivity index (χ1) is 8.31. The van der Waals surface area contributed by atoms with Crippen LogP contribution >= 0.6 is 11.8 Å². The molecular formula is C13H23N3S. The molecule has 0 amide bonds. The summed E-state index contributed by atoms with van der Waals surface area (Å²) in [6.45, 7) is 3.31. The van der Waals surface area contributed by atoms with Crippen molar-refractivity contribution in [1.82, 2.24) is 14.9 Å². The van der Waals surface area contributed by atoms with Crippen molar-refractivity contribution >= 4 is 11.8 Å². The first-order valence-electron chi connectivity index (χ1n) is 6.62. The fraction of sp³-hybridized carbons (Fsp3) is 0.769. The molecule has 1 heterocycles. The topological polar surface area (TPSA) is 29.9 Å². The van der Waals surface area contributed by atoms with Crippen molar-refractivity contribution in [2.45, 2.75) is 43.9 Å². The Morgan fingerprint density at radius 1 is 1.53 bits per heavy atom. The van der Waals surface area contributed by atoms with Crippen molar-refractivity contribution < 1.29 is 0 Å². The van der Waals surface area contributed by atoms with Gasteiger partial charge in [0.15, 0.2) is 0 Å². The molecule has 0 spiro atoms. The van der Waals surface area contributed by atoms with E-state index in [2.05, 4.69) is 40.6 Å². The molecule has 0 saturated heterocycles. The number of thioether (sulfide) groups is 1. The molecule has 17 heavy (non-hydrogen) atoms. The van der Waals surface area contributed by atoms with E-state index in [1.54, 1.807) is 0 Å². The summed E-state index contributed by atoms with van der Waals surface area (Å²) in [5, 5.41) is 4.54. The van der Waals surface area contributed by atoms with Crippen molar-refractivity contribution in [1.29, 1.82) is 0 Å². The number of hydrogen-bond donors (Lipinski definition) is 1. The highest BCUT2D eigenvalue weighted by Gasteiger charge is 2.26. The van der Waals surface area contributed by atoms with Crippen LogP contribution in [0.15, 0.2) is 12.4 Å². The third-order valence-corrected chi connectivity index (χ3v) is 4.84. The smallest absolute Gasteiger partial charge is 0.109 e. The van der Waals surface area contributed by atoms with Crippen molar-refractivity contribution in [3.05, 3.63) is 18.2 Å². The van der Waals surface area contributed by atoms with Gasteiger partial charge in [0, 0.05) is 43.7 Å². The van der Waals surface area contributed by atoms with Crippen molar-refractivity contribution in [2.24, 2.45) is 7.05 Å². The molecule has 2 unspecified atom stereocenters. The Bertz CT molecular complexity index is 337. The van der Waals surface area contributed by atoms with Crippen LogP contribution < -0.4 is 5.32 Å². The molecule has 0 aromatic carbocycles. The summed E-state index contributed by atoms with van der Waals surface area (Å²) < 4.78 is 2.11. The maximum atomic E-state index is 4.35. The summed E-state index contributed by atoms with van der Waals surface area (Å²) in [6.07, 6.45) is 9.04. The Morgan fingerprint density at radius 3 is 3.12 bits per heavy atom. The van der Waals surface area contributed by atoms with E-state index in [0.717, 1.165) is 24.3 Å². The molecule has 1 aliphatic rings. The predicted octanol–water partition coefficient (Wildman–Crippen LogP) is 2.23. The van der Waals surface area contributed by atoms with Crippen LogP contribution in [0.2, 0.25) is 0 Å². The molecule has 1 N–H and O–H groups in total. The molecule has 1 aromatic heterocycles. The lowest BCUT2D eigenvalue weighted by Gasteiger charge is -2.20. The minimum atomic E-state index is 0.722. The Balaban J connectivity index is 1.73. The van der Waals surface area contributed by atoms with E-state index >= 15 is 0 Å². The summed E-state index contributed by atoms with van der Waals surface area (Å²) in [5.74, 6) is 2.41. The molecule has 3 nitrogen and oxygen atoms in total. The average molecular weight is 253 g/mol. The minimum absolute atomic E-state index is 0.722. The highest BCUT2D eigenvalue weighted by atomic mass is 32.2. The molecule has 4 heteroatoms. The van der Waals surface area contributed by atoms with Gasteiger partial charge >= 0.3 is 0 Å². The highest BCUT2D eigenvalue weighted by molar-refractivity contribution is 7.99. The zero-order valence-electron chi connectivity index (χ0n) is 10.9.